The highest BCUT2D eigenvalue weighted by Gasteiger charge is 2.22. The highest BCUT2D eigenvalue weighted by atomic mass is 14.8. The van der Waals surface area contributed by atoms with Crippen molar-refractivity contribution in [2.24, 2.45) is 0 Å². The Hall–Kier alpha value is -1.08. The Balaban J connectivity index is 1.83. The molecular formula is C14H19N. The average Bonchev–Trinajstić information content (AvgIpc) is 3.02. The molecule has 1 fully saturated rings. The zero-order chi connectivity index (χ0) is 10.7. The molecule has 1 N–H and O–H groups in total. The summed E-state index contributed by atoms with van der Waals surface area (Å²) < 4.78 is 0. The monoisotopic (exact) mass is 201 g/mol. The predicted octanol–water partition coefficient (Wildman–Crippen LogP) is 3.23. The molecule has 1 aliphatic rings. The van der Waals surface area contributed by atoms with E-state index in [0.29, 0.717) is 0 Å². The van der Waals surface area contributed by atoms with E-state index < -0.39 is 0 Å². The lowest BCUT2D eigenvalue weighted by atomic mass is 10.1. The molecule has 0 spiro atoms. The molecule has 1 aromatic carbocycles. The third-order valence-corrected chi connectivity index (χ3v) is 2.78. The van der Waals surface area contributed by atoms with Crippen LogP contribution in [0.5, 0.6) is 0 Å². The summed E-state index contributed by atoms with van der Waals surface area (Å²) in [4.78, 5) is 0. The van der Waals surface area contributed by atoms with Crippen LogP contribution in [0.15, 0.2) is 36.4 Å². The number of nitrogens with one attached hydrogen (secondary N) is 1. The Bertz CT molecular complexity index is 333. The number of rotatable bonds is 5. The first kappa shape index (κ1) is 10.4. The van der Waals surface area contributed by atoms with Crippen molar-refractivity contribution < 1.29 is 0 Å². The van der Waals surface area contributed by atoms with Gasteiger partial charge in [0.15, 0.2) is 0 Å². The smallest absolute Gasteiger partial charge is 0.0208 e. The van der Waals surface area contributed by atoms with Crippen molar-refractivity contribution in [2.45, 2.75) is 32.2 Å². The quantitative estimate of drug-likeness (QED) is 0.721. The van der Waals surface area contributed by atoms with Gasteiger partial charge in [-0.3, -0.25) is 0 Å². The summed E-state index contributed by atoms with van der Waals surface area (Å²) in [5, 5.41) is 3.37. The third kappa shape index (κ3) is 3.21. The Morgan fingerprint density at radius 2 is 2.00 bits per heavy atom. The average molecular weight is 201 g/mol. The van der Waals surface area contributed by atoms with Gasteiger partial charge in [0, 0.05) is 13.1 Å². The third-order valence-electron chi connectivity index (χ3n) is 2.78. The fraction of sp³-hybridized carbons (Fsp3) is 0.429. The van der Waals surface area contributed by atoms with E-state index in [-0.39, 0.29) is 0 Å². The molecule has 2 rings (SSSR count). The van der Waals surface area contributed by atoms with Gasteiger partial charge in [-0.25, -0.2) is 0 Å². The lowest BCUT2D eigenvalue weighted by Gasteiger charge is -2.05. The predicted molar refractivity (Wildman–Crippen MR) is 64.9 cm³/mol. The van der Waals surface area contributed by atoms with Gasteiger partial charge < -0.3 is 5.32 Å². The summed E-state index contributed by atoms with van der Waals surface area (Å²) in [5.41, 5.74) is 4.06. The van der Waals surface area contributed by atoms with Gasteiger partial charge in [0.25, 0.3) is 0 Å². The topological polar surface area (TPSA) is 12.0 Å². The van der Waals surface area contributed by atoms with Crippen LogP contribution in [0.1, 0.15) is 36.8 Å². The van der Waals surface area contributed by atoms with E-state index in [9.17, 15) is 0 Å². The minimum atomic E-state index is 0.863. The van der Waals surface area contributed by atoms with E-state index in [4.69, 9.17) is 0 Å². The van der Waals surface area contributed by atoms with Crippen LogP contribution in [0.4, 0.5) is 0 Å². The Kier molecular flexibility index (Phi) is 3.22. The zero-order valence-corrected chi connectivity index (χ0v) is 9.42. The second kappa shape index (κ2) is 4.63. The Morgan fingerprint density at radius 1 is 1.33 bits per heavy atom. The molecule has 1 saturated carbocycles. The molecular weight excluding hydrogens is 182 g/mol. The summed E-state index contributed by atoms with van der Waals surface area (Å²) in [6, 6.07) is 9.02. The lowest BCUT2D eigenvalue weighted by molar-refractivity contribution is 0.740. The van der Waals surface area contributed by atoms with Gasteiger partial charge in [-0.15, -0.1) is 0 Å². The fourth-order valence-corrected chi connectivity index (χ4v) is 1.74. The summed E-state index contributed by atoms with van der Waals surface area (Å²) >= 11 is 0. The van der Waals surface area contributed by atoms with Gasteiger partial charge >= 0.3 is 0 Å². The molecule has 1 nitrogen and oxygen atoms in total. The SMILES string of the molecule is C=C(C)CNCc1ccc(C2CC2)cc1. The van der Waals surface area contributed by atoms with Crippen LogP contribution in [0.25, 0.3) is 0 Å². The normalized spacial score (nSPS) is 15.3. The largest absolute Gasteiger partial charge is 0.309 e. The van der Waals surface area contributed by atoms with Crippen molar-refractivity contribution in [1.29, 1.82) is 0 Å². The van der Waals surface area contributed by atoms with Gasteiger partial charge in [0.1, 0.15) is 0 Å². The fourth-order valence-electron chi connectivity index (χ4n) is 1.74. The van der Waals surface area contributed by atoms with Crippen LogP contribution in [-0.4, -0.2) is 6.54 Å². The maximum Gasteiger partial charge on any atom is 0.0208 e. The van der Waals surface area contributed by atoms with E-state index >= 15 is 0 Å². The lowest BCUT2D eigenvalue weighted by Crippen LogP contribution is -2.14. The van der Waals surface area contributed by atoms with Crippen LogP contribution in [0, 0.1) is 0 Å². The molecule has 1 aromatic rings. The molecule has 0 heterocycles. The maximum atomic E-state index is 3.87. The Labute approximate surface area is 92.2 Å². The van der Waals surface area contributed by atoms with E-state index in [1.54, 1.807) is 0 Å². The molecule has 0 bridgehead atoms. The standard InChI is InChI=1S/C14H19N/c1-11(2)9-15-10-12-3-5-13(6-4-12)14-7-8-14/h3-6,14-15H,1,7-10H2,2H3. The minimum Gasteiger partial charge on any atom is -0.309 e. The number of hydrogen-bond acceptors (Lipinski definition) is 1. The van der Waals surface area contributed by atoms with Crippen LogP contribution in [0.3, 0.4) is 0 Å². The molecule has 0 aromatic heterocycles. The second-order valence-corrected chi connectivity index (χ2v) is 4.58. The van der Waals surface area contributed by atoms with Gasteiger partial charge in [0.2, 0.25) is 0 Å². The van der Waals surface area contributed by atoms with Gasteiger partial charge in [-0.2, -0.15) is 0 Å². The van der Waals surface area contributed by atoms with Crippen molar-refractivity contribution in [1.82, 2.24) is 5.32 Å². The van der Waals surface area contributed by atoms with E-state index in [0.717, 1.165) is 19.0 Å². The van der Waals surface area contributed by atoms with Crippen molar-refractivity contribution in [3.8, 4) is 0 Å². The van der Waals surface area contributed by atoms with Crippen molar-refractivity contribution in [3.05, 3.63) is 47.5 Å². The van der Waals surface area contributed by atoms with Crippen LogP contribution in [-0.2, 0) is 6.54 Å². The maximum absolute atomic E-state index is 3.87. The molecule has 15 heavy (non-hydrogen) atoms. The van der Waals surface area contributed by atoms with Gasteiger partial charge in [0.05, 0.1) is 0 Å². The van der Waals surface area contributed by atoms with E-state index in [1.807, 2.05) is 6.92 Å². The van der Waals surface area contributed by atoms with Crippen molar-refractivity contribution >= 4 is 0 Å². The molecule has 0 amide bonds. The molecule has 0 unspecified atom stereocenters. The van der Waals surface area contributed by atoms with Gasteiger partial charge in [-0.1, -0.05) is 36.4 Å². The summed E-state index contributed by atoms with van der Waals surface area (Å²) in [6.45, 7) is 7.76. The van der Waals surface area contributed by atoms with Crippen molar-refractivity contribution in [3.63, 3.8) is 0 Å². The summed E-state index contributed by atoms with van der Waals surface area (Å²) in [5.74, 6) is 0.863. The first-order valence-electron chi connectivity index (χ1n) is 5.69. The molecule has 1 heteroatoms. The number of benzene rings is 1. The van der Waals surface area contributed by atoms with E-state index in [1.165, 1.54) is 29.5 Å². The van der Waals surface area contributed by atoms with Crippen LogP contribution < -0.4 is 5.32 Å². The second-order valence-electron chi connectivity index (χ2n) is 4.58. The summed E-state index contributed by atoms with van der Waals surface area (Å²) in [6.07, 6.45) is 2.76. The highest BCUT2D eigenvalue weighted by molar-refractivity contribution is 5.28. The van der Waals surface area contributed by atoms with E-state index in [2.05, 4.69) is 36.2 Å². The zero-order valence-electron chi connectivity index (χ0n) is 9.42. The molecule has 0 saturated heterocycles. The molecule has 0 radical (unpaired) electrons. The van der Waals surface area contributed by atoms with Gasteiger partial charge in [-0.05, 0) is 36.8 Å². The van der Waals surface area contributed by atoms with Crippen LogP contribution >= 0.6 is 0 Å². The first-order chi connectivity index (χ1) is 7.25. The highest BCUT2D eigenvalue weighted by Crippen LogP contribution is 2.39. The molecule has 0 atom stereocenters. The Morgan fingerprint density at radius 3 is 2.53 bits per heavy atom. The minimum absolute atomic E-state index is 0.863. The number of hydrogen-bond donors (Lipinski definition) is 1. The molecule has 0 aliphatic heterocycles. The van der Waals surface area contributed by atoms with Crippen molar-refractivity contribution in [2.75, 3.05) is 6.54 Å². The first-order valence-corrected chi connectivity index (χ1v) is 5.69. The summed E-state index contributed by atoms with van der Waals surface area (Å²) in [7, 11) is 0. The molecule has 80 valence electrons. The molecule has 1 aliphatic carbocycles. The van der Waals surface area contributed by atoms with Crippen LogP contribution in [0.2, 0.25) is 0 Å².